The Morgan fingerprint density at radius 3 is 2.48 bits per heavy atom. The smallest absolute Gasteiger partial charge is 0.257 e. The Morgan fingerprint density at radius 2 is 1.88 bits per heavy atom. The van der Waals surface area contributed by atoms with Gasteiger partial charge in [-0.2, -0.15) is 0 Å². The van der Waals surface area contributed by atoms with Gasteiger partial charge in [0.15, 0.2) is 5.11 Å². The van der Waals surface area contributed by atoms with Crippen LogP contribution in [0.4, 0.5) is 0 Å². The zero-order valence-electron chi connectivity index (χ0n) is 14.4. The number of hydrogen-bond acceptors (Lipinski definition) is 3. The van der Waals surface area contributed by atoms with Gasteiger partial charge in [0.2, 0.25) is 0 Å². The normalized spacial score (nSPS) is 10.4. The summed E-state index contributed by atoms with van der Waals surface area (Å²) in [6.07, 6.45) is 0.0644. The third-order valence-electron chi connectivity index (χ3n) is 3.36. The molecule has 4 nitrogen and oxygen atoms in total. The number of benzene rings is 2. The minimum absolute atomic E-state index is 0.0644. The van der Waals surface area contributed by atoms with Crippen LogP contribution < -0.4 is 15.4 Å². The maximum atomic E-state index is 12.3. The Balaban J connectivity index is 1.91. The van der Waals surface area contributed by atoms with E-state index in [1.54, 1.807) is 18.2 Å². The van der Waals surface area contributed by atoms with Crippen molar-refractivity contribution in [2.75, 3.05) is 0 Å². The van der Waals surface area contributed by atoms with Crippen LogP contribution in [-0.2, 0) is 6.54 Å². The van der Waals surface area contributed by atoms with Crippen molar-refractivity contribution in [2.45, 2.75) is 33.4 Å². The van der Waals surface area contributed by atoms with Gasteiger partial charge in [-0.25, -0.2) is 0 Å². The third kappa shape index (κ3) is 6.14. The van der Waals surface area contributed by atoms with Crippen LogP contribution in [-0.4, -0.2) is 17.1 Å². The fraction of sp³-hybridized carbons (Fsp3) is 0.263. The Kier molecular flexibility index (Phi) is 6.96. The average Bonchev–Trinajstić information content (AvgIpc) is 2.55. The van der Waals surface area contributed by atoms with E-state index in [9.17, 15) is 4.79 Å². The molecule has 0 aromatic heterocycles. The zero-order valence-corrected chi connectivity index (χ0v) is 16.8. The molecule has 0 heterocycles. The lowest BCUT2D eigenvalue weighted by atomic mass is 10.1. The molecule has 0 saturated heterocycles. The first-order valence-electron chi connectivity index (χ1n) is 7.96. The molecular weight excluding hydrogens is 400 g/mol. The van der Waals surface area contributed by atoms with Gasteiger partial charge in [0.05, 0.1) is 10.6 Å². The average molecular weight is 421 g/mol. The first kappa shape index (κ1) is 19.4. The Labute approximate surface area is 162 Å². The molecule has 0 fully saturated rings. The topological polar surface area (TPSA) is 50.4 Å². The number of ether oxygens (including phenoxy) is 1. The summed E-state index contributed by atoms with van der Waals surface area (Å²) in [4.78, 5) is 12.3. The molecule has 0 radical (unpaired) electrons. The van der Waals surface area contributed by atoms with Gasteiger partial charge in [0, 0.05) is 12.1 Å². The standard InChI is InChI=1S/C19H21BrN2O2S/c1-12(2)24-17-9-8-15(10-16(17)20)18(23)22-19(25)21-11-14-6-4-13(3)5-7-14/h4-10,12H,11H2,1-3H3,(H2,21,22,23,25). The minimum Gasteiger partial charge on any atom is -0.490 e. The molecular formula is C19H21BrN2O2S. The highest BCUT2D eigenvalue weighted by Crippen LogP contribution is 2.26. The molecule has 2 aromatic carbocycles. The van der Waals surface area contributed by atoms with Gasteiger partial charge in [-0.15, -0.1) is 0 Å². The number of halogens is 1. The highest BCUT2D eigenvalue weighted by atomic mass is 79.9. The van der Waals surface area contributed by atoms with E-state index in [0.717, 1.165) is 10.0 Å². The quantitative estimate of drug-likeness (QED) is 0.705. The van der Waals surface area contributed by atoms with Crippen molar-refractivity contribution in [1.29, 1.82) is 0 Å². The predicted molar refractivity (Wildman–Crippen MR) is 108 cm³/mol. The lowest BCUT2D eigenvalue weighted by Gasteiger charge is -2.13. The first-order valence-corrected chi connectivity index (χ1v) is 9.16. The van der Waals surface area contributed by atoms with Gasteiger partial charge in [-0.3, -0.25) is 10.1 Å². The molecule has 0 spiro atoms. The van der Waals surface area contributed by atoms with Crippen LogP contribution >= 0.6 is 28.1 Å². The molecule has 0 aliphatic carbocycles. The first-order chi connectivity index (χ1) is 11.8. The van der Waals surface area contributed by atoms with Crippen LogP contribution in [0.1, 0.15) is 35.3 Å². The number of rotatable bonds is 5. The summed E-state index contributed by atoms with van der Waals surface area (Å²) in [5.74, 6) is 0.435. The SMILES string of the molecule is Cc1ccc(CNC(=S)NC(=O)c2ccc(OC(C)C)c(Br)c2)cc1. The van der Waals surface area contributed by atoms with E-state index in [1.165, 1.54) is 5.56 Å². The van der Waals surface area contributed by atoms with Gasteiger partial charge in [0.1, 0.15) is 5.75 Å². The Morgan fingerprint density at radius 1 is 1.20 bits per heavy atom. The molecule has 2 N–H and O–H groups in total. The minimum atomic E-state index is -0.266. The molecule has 0 unspecified atom stereocenters. The zero-order chi connectivity index (χ0) is 18.4. The fourth-order valence-corrected chi connectivity index (χ4v) is 2.74. The Bertz CT molecular complexity index is 761. The molecule has 25 heavy (non-hydrogen) atoms. The number of thiocarbonyl (C=S) groups is 1. The van der Waals surface area contributed by atoms with Crippen molar-refractivity contribution in [1.82, 2.24) is 10.6 Å². The summed E-state index contributed by atoms with van der Waals surface area (Å²) in [6, 6.07) is 13.3. The van der Waals surface area contributed by atoms with E-state index in [-0.39, 0.29) is 12.0 Å². The number of nitrogens with one attached hydrogen (secondary N) is 2. The van der Waals surface area contributed by atoms with Gasteiger partial charge in [0.25, 0.3) is 5.91 Å². The summed E-state index contributed by atoms with van der Waals surface area (Å²) in [6.45, 7) is 6.50. The molecule has 2 aromatic rings. The number of carbonyl (C=O) groups excluding carboxylic acids is 1. The maximum Gasteiger partial charge on any atom is 0.257 e. The number of aryl methyl sites for hydroxylation is 1. The molecule has 0 bridgehead atoms. The molecule has 2 rings (SSSR count). The maximum absolute atomic E-state index is 12.3. The van der Waals surface area contributed by atoms with Gasteiger partial charge in [-0.05, 0) is 72.7 Å². The van der Waals surface area contributed by atoms with Crippen LogP contribution in [0.2, 0.25) is 0 Å². The second-order valence-corrected chi connectivity index (χ2v) is 7.20. The number of carbonyl (C=O) groups is 1. The van der Waals surface area contributed by atoms with Crippen molar-refractivity contribution in [3.05, 3.63) is 63.6 Å². The molecule has 1 amide bonds. The third-order valence-corrected chi connectivity index (χ3v) is 4.22. The van der Waals surface area contributed by atoms with E-state index in [4.69, 9.17) is 17.0 Å². The molecule has 0 aliphatic heterocycles. The molecule has 0 aliphatic rings. The van der Waals surface area contributed by atoms with Crippen LogP contribution in [0.25, 0.3) is 0 Å². The van der Waals surface area contributed by atoms with Crippen LogP contribution in [0.5, 0.6) is 5.75 Å². The van der Waals surface area contributed by atoms with Crippen molar-refractivity contribution < 1.29 is 9.53 Å². The summed E-state index contributed by atoms with van der Waals surface area (Å²) in [7, 11) is 0. The van der Waals surface area contributed by atoms with Crippen LogP contribution in [0.3, 0.4) is 0 Å². The second kappa shape index (κ2) is 8.97. The Hall–Kier alpha value is -1.92. The summed E-state index contributed by atoms with van der Waals surface area (Å²) < 4.78 is 6.37. The largest absolute Gasteiger partial charge is 0.490 e. The highest BCUT2D eigenvalue weighted by Gasteiger charge is 2.11. The van der Waals surface area contributed by atoms with Crippen LogP contribution in [0, 0.1) is 6.92 Å². The van der Waals surface area contributed by atoms with E-state index < -0.39 is 0 Å². The van der Waals surface area contributed by atoms with Gasteiger partial charge < -0.3 is 10.1 Å². The monoisotopic (exact) mass is 420 g/mol. The summed E-state index contributed by atoms with van der Waals surface area (Å²) in [5, 5.41) is 6.01. The fourth-order valence-electron chi connectivity index (χ4n) is 2.10. The van der Waals surface area contributed by atoms with Gasteiger partial charge in [-0.1, -0.05) is 29.8 Å². The van der Waals surface area contributed by atoms with Crippen molar-refractivity contribution >= 4 is 39.2 Å². The number of hydrogen-bond donors (Lipinski definition) is 2. The van der Waals surface area contributed by atoms with Crippen molar-refractivity contribution in [3.8, 4) is 5.75 Å². The summed E-state index contributed by atoms with van der Waals surface area (Å²) in [5.41, 5.74) is 2.80. The van der Waals surface area contributed by atoms with E-state index >= 15 is 0 Å². The van der Waals surface area contributed by atoms with Crippen molar-refractivity contribution in [2.24, 2.45) is 0 Å². The van der Waals surface area contributed by atoms with Crippen LogP contribution in [0.15, 0.2) is 46.9 Å². The van der Waals surface area contributed by atoms with Crippen molar-refractivity contribution in [3.63, 3.8) is 0 Å². The summed E-state index contributed by atoms with van der Waals surface area (Å²) >= 11 is 8.62. The molecule has 0 atom stereocenters. The molecule has 132 valence electrons. The van der Waals surface area contributed by atoms with Gasteiger partial charge >= 0.3 is 0 Å². The lowest BCUT2D eigenvalue weighted by Crippen LogP contribution is -2.38. The van der Waals surface area contributed by atoms with E-state index in [0.29, 0.717) is 23.0 Å². The number of amides is 1. The highest BCUT2D eigenvalue weighted by molar-refractivity contribution is 9.10. The second-order valence-electron chi connectivity index (χ2n) is 5.93. The molecule has 6 heteroatoms. The lowest BCUT2D eigenvalue weighted by molar-refractivity contribution is 0.0976. The molecule has 0 saturated carbocycles. The predicted octanol–water partition coefficient (Wildman–Crippen LogP) is 4.35. The van der Waals surface area contributed by atoms with E-state index in [2.05, 4.69) is 26.6 Å². The van der Waals surface area contributed by atoms with E-state index in [1.807, 2.05) is 45.0 Å².